The second-order valence-corrected chi connectivity index (χ2v) is 5.87. The van der Waals surface area contributed by atoms with E-state index < -0.39 is 0 Å². The van der Waals surface area contributed by atoms with Gasteiger partial charge in [0, 0.05) is 6.04 Å². The highest BCUT2D eigenvalue weighted by molar-refractivity contribution is 9.10. The Bertz CT molecular complexity index is 584. The van der Waals surface area contributed by atoms with Crippen LogP contribution >= 0.6 is 15.9 Å². The number of benzene rings is 1. The monoisotopic (exact) mass is 348 g/mol. The molecule has 1 N–H and O–H groups in total. The van der Waals surface area contributed by atoms with Gasteiger partial charge in [-0.3, -0.25) is 0 Å². The summed E-state index contributed by atoms with van der Waals surface area (Å²) in [7, 11) is 0. The van der Waals surface area contributed by atoms with Crippen LogP contribution in [0.5, 0.6) is 5.75 Å². The van der Waals surface area contributed by atoms with Gasteiger partial charge >= 0.3 is 0 Å². The van der Waals surface area contributed by atoms with E-state index in [1.807, 2.05) is 25.3 Å². The predicted octanol–water partition coefficient (Wildman–Crippen LogP) is 5.11. The van der Waals surface area contributed by atoms with E-state index in [2.05, 4.69) is 58.3 Å². The summed E-state index contributed by atoms with van der Waals surface area (Å²) in [6.45, 7) is 7.04. The Morgan fingerprint density at radius 2 is 2.00 bits per heavy atom. The lowest BCUT2D eigenvalue weighted by atomic mass is 10.1. The third kappa shape index (κ3) is 4.46. The average molecular weight is 349 g/mol. The molecule has 0 spiro atoms. The lowest BCUT2D eigenvalue weighted by Gasteiger charge is -2.16. The quantitative estimate of drug-likeness (QED) is 0.736. The fraction of sp³-hybridized carbons (Fsp3) is 0.353. The number of hydrogen-bond donors (Lipinski definition) is 1. The second-order valence-electron chi connectivity index (χ2n) is 5.12. The Kier molecular flexibility index (Phi) is 5.62. The molecular formula is C17H21BrN2O. The number of halogens is 1. The predicted molar refractivity (Wildman–Crippen MR) is 90.9 cm³/mol. The number of nitrogens with one attached hydrogen (secondary N) is 1. The standard InChI is InChI=1S/C17H21BrN2O/c1-4-9-21-16-7-5-14(6-8-16)13(3)20-15-10-12(2)17(18)19-11-15/h5-8,10-11,13,20H,4,9H2,1-3H3. The Hall–Kier alpha value is -1.55. The van der Waals surface area contributed by atoms with E-state index in [0.29, 0.717) is 0 Å². The van der Waals surface area contributed by atoms with E-state index in [0.717, 1.165) is 34.6 Å². The molecule has 1 aromatic carbocycles. The third-order valence-corrected chi connectivity index (χ3v) is 4.08. The summed E-state index contributed by atoms with van der Waals surface area (Å²) in [5.74, 6) is 0.925. The highest BCUT2D eigenvalue weighted by Crippen LogP contribution is 2.23. The molecule has 0 aliphatic rings. The lowest BCUT2D eigenvalue weighted by Crippen LogP contribution is -2.07. The number of anilines is 1. The van der Waals surface area contributed by atoms with Crippen LogP contribution in [-0.4, -0.2) is 11.6 Å². The molecular weight excluding hydrogens is 328 g/mol. The molecule has 1 heterocycles. The zero-order valence-electron chi connectivity index (χ0n) is 12.7. The molecule has 0 saturated carbocycles. The molecule has 2 aromatic rings. The molecule has 0 amide bonds. The number of nitrogens with zero attached hydrogens (tertiary/aromatic N) is 1. The van der Waals surface area contributed by atoms with Crippen molar-refractivity contribution >= 4 is 21.6 Å². The van der Waals surface area contributed by atoms with Gasteiger partial charge in [0.15, 0.2) is 0 Å². The first-order valence-corrected chi connectivity index (χ1v) is 8.01. The minimum atomic E-state index is 0.215. The number of pyridine rings is 1. The van der Waals surface area contributed by atoms with Crippen molar-refractivity contribution in [3.05, 3.63) is 52.3 Å². The summed E-state index contributed by atoms with van der Waals surface area (Å²) in [6, 6.07) is 10.5. The lowest BCUT2D eigenvalue weighted by molar-refractivity contribution is 0.317. The van der Waals surface area contributed by atoms with Gasteiger partial charge in [-0.15, -0.1) is 0 Å². The molecule has 0 aliphatic carbocycles. The zero-order valence-corrected chi connectivity index (χ0v) is 14.3. The molecule has 1 aromatic heterocycles. The van der Waals surface area contributed by atoms with Crippen molar-refractivity contribution < 1.29 is 4.74 Å². The molecule has 0 aliphatic heterocycles. The minimum Gasteiger partial charge on any atom is -0.494 e. The van der Waals surface area contributed by atoms with Gasteiger partial charge in [-0.05, 0) is 65.5 Å². The molecule has 112 valence electrons. The van der Waals surface area contributed by atoms with E-state index in [1.165, 1.54) is 5.56 Å². The highest BCUT2D eigenvalue weighted by Gasteiger charge is 2.07. The van der Waals surface area contributed by atoms with Crippen LogP contribution < -0.4 is 10.1 Å². The molecule has 21 heavy (non-hydrogen) atoms. The Labute approximate surface area is 134 Å². The molecule has 3 nitrogen and oxygen atoms in total. The topological polar surface area (TPSA) is 34.1 Å². The number of rotatable bonds is 6. The minimum absolute atomic E-state index is 0.215. The van der Waals surface area contributed by atoms with Crippen molar-refractivity contribution in [2.24, 2.45) is 0 Å². The summed E-state index contributed by atoms with van der Waals surface area (Å²) in [6.07, 6.45) is 2.86. The Balaban J connectivity index is 2.02. The summed E-state index contributed by atoms with van der Waals surface area (Å²) in [4.78, 5) is 4.31. The van der Waals surface area contributed by atoms with Gasteiger partial charge in [0.05, 0.1) is 18.5 Å². The third-order valence-electron chi connectivity index (χ3n) is 3.25. The van der Waals surface area contributed by atoms with Crippen LogP contribution in [0.4, 0.5) is 5.69 Å². The zero-order chi connectivity index (χ0) is 15.2. The number of aryl methyl sites for hydroxylation is 1. The molecule has 1 unspecified atom stereocenters. The van der Waals surface area contributed by atoms with Crippen molar-refractivity contribution in [3.63, 3.8) is 0 Å². The Morgan fingerprint density at radius 1 is 1.29 bits per heavy atom. The van der Waals surface area contributed by atoms with Crippen LogP contribution in [0.3, 0.4) is 0 Å². The summed E-state index contributed by atoms with van der Waals surface area (Å²) >= 11 is 3.42. The van der Waals surface area contributed by atoms with Crippen molar-refractivity contribution in [2.45, 2.75) is 33.2 Å². The van der Waals surface area contributed by atoms with Crippen LogP contribution in [-0.2, 0) is 0 Å². The number of ether oxygens (including phenoxy) is 1. The summed E-state index contributed by atoms with van der Waals surface area (Å²) < 4.78 is 6.49. The number of aromatic nitrogens is 1. The molecule has 0 saturated heterocycles. The maximum absolute atomic E-state index is 5.60. The maximum Gasteiger partial charge on any atom is 0.119 e. The van der Waals surface area contributed by atoms with Crippen molar-refractivity contribution in [2.75, 3.05) is 11.9 Å². The molecule has 0 fully saturated rings. The fourth-order valence-electron chi connectivity index (χ4n) is 2.04. The van der Waals surface area contributed by atoms with Gasteiger partial charge in [0.25, 0.3) is 0 Å². The van der Waals surface area contributed by atoms with E-state index in [1.54, 1.807) is 0 Å². The summed E-state index contributed by atoms with van der Waals surface area (Å²) in [5.41, 5.74) is 3.37. The SMILES string of the molecule is CCCOc1ccc(C(C)Nc2cnc(Br)c(C)c2)cc1. The fourth-order valence-corrected chi connectivity index (χ4v) is 2.26. The first kappa shape index (κ1) is 15.8. The molecule has 4 heteroatoms. The van der Waals surface area contributed by atoms with Crippen molar-refractivity contribution in [3.8, 4) is 5.75 Å². The average Bonchev–Trinajstić information content (AvgIpc) is 2.49. The molecule has 0 bridgehead atoms. The Morgan fingerprint density at radius 3 is 2.62 bits per heavy atom. The van der Waals surface area contributed by atoms with Gasteiger partial charge in [0.1, 0.15) is 10.4 Å². The van der Waals surface area contributed by atoms with Gasteiger partial charge in [-0.25, -0.2) is 4.98 Å². The van der Waals surface area contributed by atoms with Crippen LogP contribution in [0, 0.1) is 6.92 Å². The van der Waals surface area contributed by atoms with Crippen LogP contribution in [0.15, 0.2) is 41.1 Å². The van der Waals surface area contributed by atoms with E-state index in [4.69, 9.17) is 4.74 Å². The largest absolute Gasteiger partial charge is 0.494 e. The summed E-state index contributed by atoms with van der Waals surface area (Å²) in [5, 5.41) is 3.46. The first-order chi connectivity index (χ1) is 10.1. The smallest absolute Gasteiger partial charge is 0.119 e. The van der Waals surface area contributed by atoms with E-state index in [9.17, 15) is 0 Å². The van der Waals surface area contributed by atoms with Crippen LogP contribution in [0.1, 0.15) is 37.4 Å². The number of hydrogen-bond acceptors (Lipinski definition) is 3. The van der Waals surface area contributed by atoms with E-state index >= 15 is 0 Å². The van der Waals surface area contributed by atoms with Gasteiger partial charge in [-0.1, -0.05) is 19.1 Å². The van der Waals surface area contributed by atoms with Gasteiger partial charge in [0.2, 0.25) is 0 Å². The van der Waals surface area contributed by atoms with Crippen molar-refractivity contribution in [1.82, 2.24) is 4.98 Å². The van der Waals surface area contributed by atoms with Gasteiger partial charge < -0.3 is 10.1 Å². The second kappa shape index (κ2) is 7.46. The van der Waals surface area contributed by atoms with Crippen LogP contribution in [0.25, 0.3) is 0 Å². The highest BCUT2D eigenvalue weighted by atomic mass is 79.9. The normalized spacial score (nSPS) is 12.0. The van der Waals surface area contributed by atoms with E-state index in [-0.39, 0.29) is 6.04 Å². The van der Waals surface area contributed by atoms with Crippen LogP contribution in [0.2, 0.25) is 0 Å². The van der Waals surface area contributed by atoms with Gasteiger partial charge in [-0.2, -0.15) is 0 Å². The maximum atomic E-state index is 5.60. The molecule has 1 atom stereocenters. The molecule has 0 radical (unpaired) electrons. The van der Waals surface area contributed by atoms with Crippen molar-refractivity contribution in [1.29, 1.82) is 0 Å². The first-order valence-electron chi connectivity index (χ1n) is 7.21. The molecule has 2 rings (SSSR count).